The van der Waals surface area contributed by atoms with E-state index in [4.69, 9.17) is 5.73 Å². The summed E-state index contributed by atoms with van der Waals surface area (Å²) in [5.41, 5.74) is 7.13. The van der Waals surface area contributed by atoms with Crippen LogP contribution < -0.4 is 15.4 Å². The maximum atomic E-state index is 12.4. The first-order valence-corrected chi connectivity index (χ1v) is 10.2. The molecule has 7 nitrogen and oxygen atoms in total. The van der Waals surface area contributed by atoms with E-state index in [0.717, 1.165) is 16.1 Å². The molecule has 2 aromatic carbocycles. The highest BCUT2D eigenvalue weighted by Crippen LogP contribution is 2.22. The van der Waals surface area contributed by atoms with E-state index in [2.05, 4.69) is 5.32 Å². The molecule has 0 aromatic heterocycles. The summed E-state index contributed by atoms with van der Waals surface area (Å²) in [4.78, 5) is 23.9. The molecule has 0 heterocycles. The van der Waals surface area contributed by atoms with Gasteiger partial charge in [0.2, 0.25) is 15.9 Å². The summed E-state index contributed by atoms with van der Waals surface area (Å²) < 4.78 is 25.4. The maximum Gasteiger partial charge on any atom is 0.250 e. The van der Waals surface area contributed by atoms with Gasteiger partial charge in [-0.1, -0.05) is 38.1 Å². The number of nitrogens with zero attached hydrogens (tertiary/aromatic N) is 1. The number of nitrogens with one attached hydrogen (secondary N) is 1. The standard InChI is InChI=1S/C19H23N3O4S/c1-13(2)14-8-10-15(11-9-14)22(27(3,25)26)12-18(23)21-17-7-5-4-6-16(17)19(20)24/h4-11,13H,12H2,1-3H3,(H2,20,24)(H,21,23). The Morgan fingerprint density at radius 3 is 2.19 bits per heavy atom. The van der Waals surface area contributed by atoms with Crippen molar-refractivity contribution in [1.82, 2.24) is 0 Å². The van der Waals surface area contributed by atoms with E-state index < -0.39 is 28.4 Å². The lowest BCUT2D eigenvalue weighted by molar-refractivity contribution is -0.114. The second-order valence-electron chi connectivity index (χ2n) is 6.47. The van der Waals surface area contributed by atoms with Crippen molar-refractivity contribution in [3.63, 3.8) is 0 Å². The van der Waals surface area contributed by atoms with Gasteiger partial charge in [-0.2, -0.15) is 0 Å². The lowest BCUT2D eigenvalue weighted by Gasteiger charge is -2.22. The topological polar surface area (TPSA) is 110 Å². The highest BCUT2D eigenvalue weighted by molar-refractivity contribution is 7.92. The molecule has 27 heavy (non-hydrogen) atoms. The summed E-state index contributed by atoms with van der Waals surface area (Å²) >= 11 is 0. The molecule has 0 fully saturated rings. The van der Waals surface area contributed by atoms with Gasteiger partial charge in [0, 0.05) is 0 Å². The summed E-state index contributed by atoms with van der Waals surface area (Å²) in [6, 6.07) is 13.3. The van der Waals surface area contributed by atoms with Crippen LogP contribution in [0.25, 0.3) is 0 Å². The molecule has 0 spiro atoms. The molecule has 0 aliphatic carbocycles. The molecule has 2 aromatic rings. The molecular weight excluding hydrogens is 366 g/mol. The third-order valence-electron chi connectivity index (χ3n) is 4.00. The summed E-state index contributed by atoms with van der Waals surface area (Å²) in [5.74, 6) is -0.962. The molecule has 0 saturated heterocycles. The Morgan fingerprint density at radius 1 is 1.07 bits per heavy atom. The first-order chi connectivity index (χ1) is 12.6. The molecule has 0 unspecified atom stereocenters. The fraction of sp³-hybridized carbons (Fsp3) is 0.263. The number of rotatable bonds is 7. The van der Waals surface area contributed by atoms with E-state index >= 15 is 0 Å². The van der Waals surface area contributed by atoms with Crippen molar-refractivity contribution in [3.8, 4) is 0 Å². The van der Waals surface area contributed by atoms with Crippen LogP contribution in [0, 0.1) is 0 Å². The van der Waals surface area contributed by atoms with Gasteiger partial charge < -0.3 is 11.1 Å². The predicted molar refractivity (Wildman–Crippen MR) is 106 cm³/mol. The smallest absolute Gasteiger partial charge is 0.250 e. The molecule has 8 heteroatoms. The van der Waals surface area contributed by atoms with E-state index in [9.17, 15) is 18.0 Å². The lowest BCUT2D eigenvalue weighted by atomic mass is 10.0. The number of amides is 2. The van der Waals surface area contributed by atoms with Gasteiger partial charge in [0.25, 0.3) is 5.91 Å². The van der Waals surface area contributed by atoms with Crippen molar-refractivity contribution in [2.24, 2.45) is 5.73 Å². The summed E-state index contributed by atoms with van der Waals surface area (Å²) in [6.07, 6.45) is 1.04. The molecule has 2 amide bonds. The lowest BCUT2D eigenvalue weighted by Crippen LogP contribution is -2.37. The molecule has 0 bridgehead atoms. The zero-order valence-electron chi connectivity index (χ0n) is 15.5. The Kier molecular flexibility index (Phi) is 6.22. The minimum Gasteiger partial charge on any atom is -0.366 e. The molecule has 3 N–H and O–H groups in total. The van der Waals surface area contributed by atoms with Crippen LogP contribution in [0.3, 0.4) is 0 Å². The SMILES string of the molecule is CC(C)c1ccc(N(CC(=O)Nc2ccccc2C(N)=O)S(C)(=O)=O)cc1. The number of sulfonamides is 1. The number of hydrogen-bond acceptors (Lipinski definition) is 4. The Balaban J connectivity index is 2.24. The van der Waals surface area contributed by atoms with Gasteiger partial charge in [-0.05, 0) is 35.7 Å². The first kappa shape index (κ1) is 20.4. The Morgan fingerprint density at radius 2 is 1.67 bits per heavy atom. The van der Waals surface area contributed by atoms with Crippen LogP contribution in [0.15, 0.2) is 48.5 Å². The number of carbonyl (C=O) groups excluding carboxylic acids is 2. The zero-order chi connectivity index (χ0) is 20.2. The third-order valence-corrected chi connectivity index (χ3v) is 5.14. The fourth-order valence-corrected chi connectivity index (χ4v) is 3.41. The number of nitrogens with two attached hydrogens (primary N) is 1. The van der Waals surface area contributed by atoms with Crippen LogP contribution in [0.5, 0.6) is 0 Å². The fourth-order valence-electron chi connectivity index (χ4n) is 2.55. The number of hydrogen-bond donors (Lipinski definition) is 2. The summed E-state index contributed by atoms with van der Waals surface area (Å²) in [5, 5.41) is 2.55. The molecule has 0 radical (unpaired) electrons. The van der Waals surface area contributed by atoms with Crippen LogP contribution in [-0.2, 0) is 14.8 Å². The van der Waals surface area contributed by atoms with Crippen molar-refractivity contribution in [3.05, 3.63) is 59.7 Å². The highest BCUT2D eigenvalue weighted by atomic mass is 32.2. The average molecular weight is 389 g/mol. The van der Waals surface area contributed by atoms with Crippen LogP contribution in [-0.4, -0.2) is 33.0 Å². The molecule has 0 atom stereocenters. The van der Waals surface area contributed by atoms with E-state index in [1.165, 1.54) is 12.1 Å². The van der Waals surface area contributed by atoms with E-state index in [-0.39, 0.29) is 11.3 Å². The molecule has 0 saturated carbocycles. The van der Waals surface area contributed by atoms with Crippen molar-refractivity contribution in [1.29, 1.82) is 0 Å². The van der Waals surface area contributed by atoms with E-state index in [0.29, 0.717) is 11.6 Å². The van der Waals surface area contributed by atoms with Crippen molar-refractivity contribution < 1.29 is 18.0 Å². The molecule has 0 aliphatic rings. The average Bonchev–Trinajstić information content (AvgIpc) is 2.59. The number of carbonyl (C=O) groups is 2. The highest BCUT2D eigenvalue weighted by Gasteiger charge is 2.22. The summed E-state index contributed by atoms with van der Waals surface area (Å²) in [6.45, 7) is 3.65. The van der Waals surface area contributed by atoms with Crippen molar-refractivity contribution >= 4 is 33.2 Å². The quantitative estimate of drug-likeness (QED) is 0.757. The summed E-state index contributed by atoms with van der Waals surface area (Å²) in [7, 11) is -3.68. The minimum absolute atomic E-state index is 0.151. The van der Waals surface area contributed by atoms with Crippen LogP contribution in [0.4, 0.5) is 11.4 Å². The van der Waals surface area contributed by atoms with Crippen LogP contribution >= 0.6 is 0 Å². The van der Waals surface area contributed by atoms with E-state index in [1.54, 1.807) is 24.3 Å². The second kappa shape index (κ2) is 8.22. The molecular formula is C19H23N3O4S. The zero-order valence-corrected chi connectivity index (χ0v) is 16.3. The van der Waals surface area contributed by atoms with Crippen LogP contribution in [0.1, 0.15) is 35.7 Å². The normalized spacial score (nSPS) is 11.3. The first-order valence-electron chi connectivity index (χ1n) is 8.36. The monoisotopic (exact) mass is 389 g/mol. The van der Waals surface area contributed by atoms with Gasteiger partial charge in [0.1, 0.15) is 6.54 Å². The van der Waals surface area contributed by atoms with Gasteiger partial charge in [0.05, 0.1) is 23.2 Å². The Labute approximate surface area is 159 Å². The van der Waals surface area contributed by atoms with Gasteiger partial charge in [-0.25, -0.2) is 8.42 Å². The van der Waals surface area contributed by atoms with E-state index in [1.807, 2.05) is 26.0 Å². The number of anilines is 2. The van der Waals surface area contributed by atoms with Crippen LogP contribution in [0.2, 0.25) is 0 Å². The van der Waals surface area contributed by atoms with Gasteiger partial charge in [-0.3, -0.25) is 13.9 Å². The van der Waals surface area contributed by atoms with Gasteiger partial charge in [-0.15, -0.1) is 0 Å². The minimum atomic E-state index is -3.68. The van der Waals surface area contributed by atoms with Crippen molar-refractivity contribution in [2.75, 3.05) is 22.4 Å². The Bertz CT molecular complexity index is 938. The number of para-hydroxylation sites is 1. The predicted octanol–water partition coefficient (Wildman–Crippen LogP) is 2.31. The second-order valence-corrected chi connectivity index (χ2v) is 8.38. The molecule has 0 aliphatic heterocycles. The number of primary amides is 1. The maximum absolute atomic E-state index is 12.4. The van der Waals surface area contributed by atoms with Gasteiger partial charge in [0.15, 0.2) is 0 Å². The van der Waals surface area contributed by atoms with Gasteiger partial charge >= 0.3 is 0 Å². The largest absolute Gasteiger partial charge is 0.366 e. The Hall–Kier alpha value is -2.87. The number of benzene rings is 2. The van der Waals surface area contributed by atoms with Crippen molar-refractivity contribution in [2.45, 2.75) is 19.8 Å². The molecule has 144 valence electrons. The molecule has 2 rings (SSSR count). The third kappa shape index (κ3) is 5.30.